The number of carbonyl (C=O) groups is 1. The Kier molecular flexibility index (Phi) is 3.05. The van der Waals surface area contributed by atoms with Crippen LogP contribution in [0.5, 0.6) is 0 Å². The Labute approximate surface area is 101 Å². The number of Topliss-reactive ketones (excluding diaryl/α,β-unsaturated/α-hetero) is 1. The molecule has 0 N–H and O–H groups in total. The van der Waals surface area contributed by atoms with Gasteiger partial charge in [0.15, 0.2) is 5.78 Å². The zero-order valence-electron chi connectivity index (χ0n) is 10.3. The summed E-state index contributed by atoms with van der Waals surface area (Å²) in [5.41, 5.74) is 5.19. The molecule has 0 spiro atoms. The van der Waals surface area contributed by atoms with E-state index in [0.29, 0.717) is 5.56 Å². The van der Waals surface area contributed by atoms with Crippen LogP contribution in [0.3, 0.4) is 0 Å². The first-order chi connectivity index (χ1) is 8.08. The number of hydrogen-bond donors (Lipinski definition) is 0. The van der Waals surface area contributed by atoms with Gasteiger partial charge in [0, 0.05) is 23.5 Å². The van der Waals surface area contributed by atoms with Gasteiger partial charge in [-0.25, -0.2) is 0 Å². The lowest BCUT2D eigenvalue weighted by molar-refractivity contribution is 0.101. The molecule has 0 fully saturated rings. The van der Waals surface area contributed by atoms with Crippen molar-refractivity contribution < 1.29 is 4.79 Å². The topological polar surface area (TPSA) is 30.0 Å². The van der Waals surface area contributed by atoms with Gasteiger partial charge in [0.25, 0.3) is 0 Å². The third-order valence-electron chi connectivity index (χ3n) is 2.85. The van der Waals surface area contributed by atoms with E-state index in [1.165, 1.54) is 11.1 Å². The molecule has 0 atom stereocenters. The number of aryl methyl sites for hydroxylation is 2. The van der Waals surface area contributed by atoms with Crippen molar-refractivity contribution in [3.05, 3.63) is 53.3 Å². The first-order valence-electron chi connectivity index (χ1n) is 5.61. The highest BCUT2D eigenvalue weighted by atomic mass is 16.1. The van der Waals surface area contributed by atoms with Crippen LogP contribution in [-0.4, -0.2) is 10.8 Å². The number of ketones is 1. The summed E-state index contributed by atoms with van der Waals surface area (Å²) in [5, 5.41) is 0. The number of aromatic nitrogens is 1. The molecule has 0 unspecified atom stereocenters. The Hall–Kier alpha value is -1.96. The van der Waals surface area contributed by atoms with E-state index in [2.05, 4.69) is 37.0 Å². The van der Waals surface area contributed by atoms with Crippen LogP contribution in [0.2, 0.25) is 0 Å². The minimum absolute atomic E-state index is 0.0460. The lowest BCUT2D eigenvalue weighted by atomic mass is 9.98. The minimum atomic E-state index is 0.0460. The molecule has 86 valence electrons. The zero-order valence-corrected chi connectivity index (χ0v) is 10.3. The highest BCUT2D eigenvalue weighted by Gasteiger charge is 2.06. The number of nitrogens with zero attached hydrogens (tertiary/aromatic N) is 1. The molecule has 1 heterocycles. The summed E-state index contributed by atoms with van der Waals surface area (Å²) in [4.78, 5) is 15.5. The lowest BCUT2D eigenvalue weighted by Gasteiger charge is -2.07. The largest absolute Gasteiger partial charge is 0.294 e. The molecule has 2 nitrogen and oxygen atoms in total. The molecule has 0 aliphatic rings. The van der Waals surface area contributed by atoms with Crippen LogP contribution in [0.4, 0.5) is 0 Å². The van der Waals surface area contributed by atoms with Crippen molar-refractivity contribution in [1.82, 2.24) is 4.98 Å². The van der Waals surface area contributed by atoms with Gasteiger partial charge in [0.1, 0.15) is 0 Å². The average molecular weight is 225 g/mol. The number of carbonyl (C=O) groups excluding carboxylic acids is 1. The molecule has 0 aliphatic carbocycles. The maximum Gasteiger partial charge on any atom is 0.161 e. The molecule has 0 radical (unpaired) electrons. The number of hydrogen-bond acceptors (Lipinski definition) is 2. The van der Waals surface area contributed by atoms with Crippen molar-refractivity contribution in [2.45, 2.75) is 20.8 Å². The van der Waals surface area contributed by atoms with Gasteiger partial charge in [-0.1, -0.05) is 23.8 Å². The normalized spacial score (nSPS) is 10.3. The Morgan fingerprint density at radius 2 is 1.88 bits per heavy atom. The summed E-state index contributed by atoms with van der Waals surface area (Å²) < 4.78 is 0. The third-order valence-corrected chi connectivity index (χ3v) is 2.85. The Morgan fingerprint density at radius 1 is 1.12 bits per heavy atom. The molecule has 17 heavy (non-hydrogen) atoms. The van der Waals surface area contributed by atoms with E-state index in [4.69, 9.17) is 0 Å². The van der Waals surface area contributed by atoms with Crippen LogP contribution in [-0.2, 0) is 0 Å². The van der Waals surface area contributed by atoms with Crippen LogP contribution >= 0.6 is 0 Å². The van der Waals surface area contributed by atoms with Gasteiger partial charge in [-0.05, 0) is 38.0 Å². The molecule has 0 bridgehead atoms. The van der Waals surface area contributed by atoms with Crippen LogP contribution < -0.4 is 0 Å². The summed E-state index contributed by atoms with van der Waals surface area (Å²) in [7, 11) is 0. The van der Waals surface area contributed by atoms with E-state index in [-0.39, 0.29) is 5.78 Å². The maximum absolute atomic E-state index is 11.3. The summed E-state index contributed by atoms with van der Waals surface area (Å²) in [6.45, 7) is 5.68. The van der Waals surface area contributed by atoms with E-state index in [9.17, 15) is 4.79 Å². The molecule has 1 aromatic heterocycles. The molecule has 0 amide bonds. The monoisotopic (exact) mass is 225 g/mol. The van der Waals surface area contributed by atoms with Crippen LogP contribution in [0.1, 0.15) is 28.4 Å². The molecule has 1 aromatic carbocycles. The van der Waals surface area contributed by atoms with Crippen molar-refractivity contribution in [2.75, 3.05) is 0 Å². The van der Waals surface area contributed by atoms with Gasteiger partial charge < -0.3 is 0 Å². The molecule has 2 heteroatoms. The smallest absolute Gasteiger partial charge is 0.161 e. The van der Waals surface area contributed by atoms with Crippen molar-refractivity contribution >= 4 is 5.78 Å². The van der Waals surface area contributed by atoms with E-state index in [1.807, 2.05) is 6.07 Å². The van der Waals surface area contributed by atoms with Gasteiger partial charge in [-0.3, -0.25) is 9.78 Å². The van der Waals surface area contributed by atoms with Crippen molar-refractivity contribution in [2.24, 2.45) is 0 Å². The summed E-state index contributed by atoms with van der Waals surface area (Å²) >= 11 is 0. The molecule has 2 aromatic rings. The highest BCUT2D eigenvalue weighted by molar-refractivity contribution is 5.95. The fraction of sp³-hybridized carbons (Fsp3) is 0.200. The standard InChI is InChI=1S/C15H15NO/c1-10-4-5-11(2)15(6-10)14-7-13(12(3)17)8-16-9-14/h4-9H,1-3H3. The summed E-state index contributed by atoms with van der Waals surface area (Å²) in [5.74, 6) is 0.0460. The number of pyridine rings is 1. The van der Waals surface area contributed by atoms with Crippen molar-refractivity contribution in [3.63, 3.8) is 0 Å². The molecule has 0 saturated carbocycles. The molecule has 0 aliphatic heterocycles. The van der Waals surface area contributed by atoms with Gasteiger partial charge in [0.2, 0.25) is 0 Å². The van der Waals surface area contributed by atoms with Crippen LogP contribution in [0, 0.1) is 13.8 Å². The van der Waals surface area contributed by atoms with Crippen molar-refractivity contribution in [1.29, 1.82) is 0 Å². The number of benzene rings is 1. The second-order valence-corrected chi connectivity index (χ2v) is 4.34. The van der Waals surface area contributed by atoms with E-state index in [0.717, 1.165) is 11.1 Å². The van der Waals surface area contributed by atoms with E-state index >= 15 is 0 Å². The first kappa shape index (κ1) is 11.5. The fourth-order valence-electron chi connectivity index (χ4n) is 1.83. The zero-order chi connectivity index (χ0) is 12.4. The predicted molar refractivity (Wildman–Crippen MR) is 69.2 cm³/mol. The van der Waals surface area contributed by atoms with Gasteiger partial charge in [0.05, 0.1) is 0 Å². The van der Waals surface area contributed by atoms with Gasteiger partial charge >= 0.3 is 0 Å². The maximum atomic E-state index is 11.3. The summed E-state index contributed by atoms with van der Waals surface area (Å²) in [6, 6.07) is 8.19. The lowest BCUT2D eigenvalue weighted by Crippen LogP contribution is -1.94. The van der Waals surface area contributed by atoms with Gasteiger partial charge in [-0.15, -0.1) is 0 Å². The van der Waals surface area contributed by atoms with Crippen LogP contribution in [0.25, 0.3) is 11.1 Å². The van der Waals surface area contributed by atoms with E-state index < -0.39 is 0 Å². The highest BCUT2D eigenvalue weighted by Crippen LogP contribution is 2.24. The molecular formula is C15H15NO. The molecule has 2 rings (SSSR count). The molecular weight excluding hydrogens is 210 g/mol. The Balaban J connectivity index is 2.56. The SMILES string of the molecule is CC(=O)c1cncc(-c2cc(C)ccc2C)c1. The average Bonchev–Trinajstić information content (AvgIpc) is 2.32. The second-order valence-electron chi connectivity index (χ2n) is 4.34. The third kappa shape index (κ3) is 2.41. The quantitative estimate of drug-likeness (QED) is 0.731. The predicted octanol–water partition coefficient (Wildman–Crippen LogP) is 3.57. The number of rotatable bonds is 2. The Bertz CT molecular complexity index is 573. The fourth-order valence-corrected chi connectivity index (χ4v) is 1.83. The molecule has 0 saturated heterocycles. The van der Waals surface area contributed by atoms with Gasteiger partial charge in [-0.2, -0.15) is 0 Å². The van der Waals surface area contributed by atoms with Crippen LogP contribution in [0.15, 0.2) is 36.7 Å². The minimum Gasteiger partial charge on any atom is -0.294 e. The Morgan fingerprint density at radius 3 is 2.59 bits per heavy atom. The second kappa shape index (κ2) is 4.50. The van der Waals surface area contributed by atoms with Crippen molar-refractivity contribution in [3.8, 4) is 11.1 Å². The summed E-state index contributed by atoms with van der Waals surface area (Å²) in [6.07, 6.45) is 3.41. The van der Waals surface area contributed by atoms with E-state index in [1.54, 1.807) is 19.3 Å². The first-order valence-corrected chi connectivity index (χ1v) is 5.61.